The van der Waals surface area contributed by atoms with E-state index in [9.17, 15) is 4.79 Å². The second-order valence-electron chi connectivity index (χ2n) is 4.18. The van der Waals surface area contributed by atoms with Gasteiger partial charge in [-0.2, -0.15) is 0 Å². The zero-order valence-electron chi connectivity index (χ0n) is 11.3. The monoisotopic (exact) mass is 291 g/mol. The van der Waals surface area contributed by atoms with Crippen molar-refractivity contribution in [2.24, 2.45) is 0 Å². The average Bonchev–Trinajstić information content (AvgIpc) is 3.11. The second-order valence-corrected chi connectivity index (χ2v) is 4.18. The Labute approximate surface area is 120 Å². The first-order valence-electron chi connectivity index (χ1n) is 6.43. The summed E-state index contributed by atoms with van der Waals surface area (Å²) in [6, 6.07) is 8.71. The van der Waals surface area contributed by atoms with E-state index < -0.39 is 12.4 Å². The molecule has 2 heterocycles. The molecular weight excluding hydrogens is 278 g/mol. The first kappa shape index (κ1) is 13.4. The molecule has 0 spiro atoms. The Bertz CT molecular complexity index is 613. The summed E-state index contributed by atoms with van der Waals surface area (Å²) < 4.78 is 26.0. The minimum atomic E-state index is -0.849. The van der Waals surface area contributed by atoms with Gasteiger partial charge in [0.15, 0.2) is 23.0 Å². The summed E-state index contributed by atoms with van der Waals surface area (Å²) >= 11 is 0. The number of hydrogen-bond donors (Lipinski definition) is 0. The highest BCUT2D eigenvalue weighted by molar-refractivity contribution is 5.87. The molecule has 0 aliphatic carbocycles. The first-order chi connectivity index (χ1) is 10.3. The van der Waals surface area contributed by atoms with Crippen molar-refractivity contribution in [3.05, 3.63) is 41.8 Å². The van der Waals surface area contributed by atoms with Crippen molar-refractivity contribution >= 4 is 5.97 Å². The lowest BCUT2D eigenvalue weighted by atomic mass is 10.3. The van der Waals surface area contributed by atoms with E-state index in [0.29, 0.717) is 17.3 Å². The molecule has 0 unspecified atom stereocenters. The number of esters is 1. The molecule has 0 N–H and O–H groups in total. The van der Waals surface area contributed by atoms with Crippen LogP contribution >= 0.6 is 0 Å². The van der Waals surface area contributed by atoms with E-state index in [1.807, 2.05) is 12.1 Å². The molecule has 110 valence electrons. The van der Waals surface area contributed by atoms with Crippen LogP contribution in [-0.4, -0.2) is 24.2 Å². The van der Waals surface area contributed by atoms with E-state index in [4.69, 9.17) is 23.5 Å². The van der Waals surface area contributed by atoms with Gasteiger partial charge in [-0.05, 0) is 19.1 Å². The summed E-state index contributed by atoms with van der Waals surface area (Å²) in [4.78, 5) is 11.4. The summed E-state index contributed by atoms with van der Waals surface area (Å²) in [5.41, 5.74) is 0.104. The molecule has 1 aromatic carbocycles. The molecule has 0 fully saturated rings. The molecule has 0 saturated carbocycles. The number of carbonyl (C=O) groups excluding carboxylic acids is 1. The molecule has 3 rings (SSSR count). The van der Waals surface area contributed by atoms with E-state index in [0.717, 1.165) is 0 Å². The third-order valence-electron chi connectivity index (χ3n) is 2.70. The summed E-state index contributed by atoms with van der Waals surface area (Å²) in [6.07, 6.45) is 0. The van der Waals surface area contributed by atoms with Crippen molar-refractivity contribution < 1.29 is 28.3 Å². The standard InChI is InChI=1S/C14H13NO6/c1-2-17-13(16)10-7-9(21-15-10)8-18-14-19-11-5-3-4-6-12(11)20-14/h3-7,14H,2,8H2,1H3. The number of fused-ring (bicyclic) bond motifs is 1. The number of hydrogen-bond acceptors (Lipinski definition) is 7. The highest BCUT2D eigenvalue weighted by Crippen LogP contribution is 2.34. The van der Waals surface area contributed by atoms with Crippen molar-refractivity contribution in [1.82, 2.24) is 5.16 Å². The maximum absolute atomic E-state index is 11.4. The van der Waals surface area contributed by atoms with Crippen LogP contribution in [-0.2, 0) is 16.1 Å². The molecule has 7 heteroatoms. The molecule has 1 aromatic heterocycles. The van der Waals surface area contributed by atoms with Gasteiger partial charge in [-0.15, -0.1) is 0 Å². The van der Waals surface area contributed by atoms with Crippen LogP contribution in [0.5, 0.6) is 11.5 Å². The Hall–Kier alpha value is -2.54. The predicted octanol–water partition coefficient (Wildman–Crippen LogP) is 2.12. The van der Waals surface area contributed by atoms with Crippen molar-refractivity contribution in [3.63, 3.8) is 0 Å². The SMILES string of the molecule is CCOC(=O)c1cc(COC2Oc3ccccc3O2)on1. The van der Waals surface area contributed by atoms with Gasteiger partial charge in [-0.1, -0.05) is 17.3 Å². The molecule has 0 amide bonds. The fourth-order valence-electron chi connectivity index (χ4n) is 1.78. The third kappa shape index (κ3) is 2.97. The topological polar surface area (TPSA) is 80.0 Å². The van der Waals surface area contributed by atoms with Crippen LogP contribution in [0.3, 0.4) is 0 Å². The van der Waals surface area contributed by atoms with E-state index in [2.05, 4.69) is 5.16 Å². The zero-order chi connectivity index (χ0) is 14.7. The summed E-state index contributed by atoms with van der Waals surface area (Å²) in [5.74, 6) is 1.08. The first-order valence-corrected chi connectivity index (χ1v) is 6.43. The van der Waals surface area contributed by atoms with Gasteiger partial charge >= 0.3 is 12.4 Å². The maximum atomic E-state index is 11.4. The Morgan fingerprint density at radius 1 is 1.29 bits per heavy atom. The van der Waals surface area contributed by atoms with Crippen LogP contribution < -0.4 is 9.47 Å². The lowest BCUT2D eigenvalue weighted by Gasteiger charge is -2.08. The van der Waals surface area contributed by atoms with Gasteiger partial charge in [-0.3, -0.25) is 0 Å². The molecular formula is C14H13NO6. The Kier molecular flexibility index (Phi) is 3.74. The lowest BCUT2D eigenvalue weighted by molar-refractivity contribution is -0.187. The van der Waals surface area contributed by atoms with Crippen LogP contribution in [0.1, 0.15) is 23.2 Å². The molecule has 7 nitrogen and oxygen atoms in total. The van der Waals surface area contributed by atoms with E-state index in [1.54, 1.807) is 19.1 Å². The van der Waals surface area contributed by atoms with Gasteiger partial charge in [0, 0.05) is 6.07 Å². The van der Waals surface area contributed by atoms with Crippen LogP contribution in [0.2, 0.25) is 0 Å². The van der Waals surface area contributed by atoms with Crippen LogP contribution in [0.25, 0.3) is 0 Å². The van der Waals surface area contributed by atoms with E-state index in [1.165, 1.54) is 6.07 Å². The average molecular weight is 291 g/mol. The largest absolute Gasteiger partial charge is 0.461 e. The van der Waals surface area contributed by atoms with Gasteiger partial charge in [0.25, 0.3) is 0 Å². The van der Waals surface area contributed by atoms with E-state index >= 15 is 0 Å². The predicted molar refractivity (Wildman–Crippen MR) is 68.7 cm³/mol. The fourth-order valence-corrected chi connectivity index (χ4v) is 1.78. The molecule has 1 aliphatic rings. The van der Waals surface area contributed by atoms with Crippen molar-refractivity contribution in [2.75, 3.05) is 6.61 Å². The van der Waals surface area contributed by atoms with Crippen LogP contribution in [0.15, 0.2) is 34.9 Å². The van der Waals surface area contributed by atoms with Gasteiger partial charge in [-0.25, -0.2) is 4.79 Å². The molecule has 21 heavy (non-hydrogen) atoms. The van der Waals surface area contributed by atoms with Crippen LogP contribution in [0, 0.1) is 0 Å². The molecule has 0 bridgehead atoms. The summed E-state index contributed by atoms with van der Waals surface area (Å²) in [5, 5.41) is 3.61. The van der Waals surface area contributed by atoms with Crippen LogP contribution in [0.4, 0.5) is 0 Å². The minimum Gasteiger partial charge on any atom is -0.461 e. The normalized spacial score (nSPS) is 13.4. The number of ether oxygens (including phenoxy) is 4. The Balaban J connectivity index is 1.54. The van der Waals surface area contributed by atoms with Crippen molar-refractivity contribution in [3.8, 4) is 11.5 Å². The molecule has 0 radical (unpaired) electrons. The minimum absolute atomic E-state index is 0.0606. The summed E-state index contributed by atoms with van der Waals surface area (Å²) in [7, 11) is 0. The van der Waals surface area contributed by atoms with Gasteiger partial charge in [0.1, 0.15) is 6.61 Å². The lowest BCUT2D eigenvalue weighted by Crippen LogP contribution is -2.21. The van der Waals surface area contributed by atoms with Gasteiger partial charge < -0.3 is 23.5 Å². The summed E-state index contributed by atoms with van der Waals surface area (Å²) in [6.45, 7) is 1.21. The highest BCUT2D eigenvalue weighted by atomic mass is 16.9. The van der Waals surface area contributed by atoms with Crippen molar-refractivity contribution in [1.29, 1.82) is 0 Å². The fraction of sp³-hybridized carbons (Fsp3) is 0.286. The Morgan fingerprint density at radius 2 is 2.00 bits per heavy atom. The number of aromatic nitrogens is 1. The molecule has 0 atom stereocenters. The highest BCUT2D eigenvalue weighted by Gasteiger charge is 2.25. The van der Waals surface area contributed by atoms with E-state index in [-0.39, 0.29) is 18.9 Å². The number of nitrogens with zero attached hydrogens (tertiary/aromatic N) is 1. The maximum Gasteiger partial charge on any atom is 0.361 e. The number of para-hydroxylation sites is 2. The molecule has 0 saturated heterocycles. The third-order valence-corrected chi connectivity index (χ3v) is 2.70. The Morgan fingerprint density at radius 3 is 2.67 bits per heavy atom. The smallest absolute Gasteiger partial charge is 0.361 e. The molecule has 1 aliphatic heterocycles. The number of benzene rings is 1. The zero-order valence-corrected chi connectivity index (χ0v) is 11.3. The van der Waals surface area contributed by atoms with Crippen molar-refractivity contribution in [2.45, 2.75) is 20.0 Å². The number of carbonyl (C=O) groups is 1. The van der Waals surface area contributed by atoms with Gasteiger partial charge in [0.05, 0.1) is 6.61 Å². The van der Waals surface area contributed by atoms with Gasteiger partial charge in [0.2, 0.25) is 0 Å². The number of rotatable bonds is 5. The molecule has 2 aromatic rings. The quantitative estimate of drug-likeness (QED) is 0.780. The second kappa shape index (κ2) is 5.84.